The van der Waals surface area contributed by atoms with Gasteiger partial charge in [0.05, 0.1) is 0 Å². The van der Waals surface area contributed by atoms with Crippen molar-refractivity contribution < 1.29 is 57.3 Å². The molecule has 0 radical (unpaired) electrons. The first kappa shape index (κ1) is 39.2. The van der Waals surface area contributed by atoms with E-state index in [9.17, 15) is 16.8 Å². The molecule has 4 aliphatic rings. The third kappa shape index (κ3) is 6.49. The van der Waals surface area contributed by atoms with Gasteiger partial charge in [-0.15, -0.1) is 0 Å². The summed E-state index contributed by atoms with van der Waals surface area (Å²) in [7, 11) is -8.55. The Morgan fingerprint density at radius 1 is 0.557 bits per heavy atom. The van der Waals surface area contributed by atoms with Gasteiger partial charge in [0.15, 0.2) is 0 Å². The van der Waals surface area contributed by atoms with Gasteiger partial charge in [0.1, 0.15) is 0 Å². The van der Waals surface area contributed by atoms with Crippen LogP contribution in [0.5, 0.6) is 11.5 Å². The van der Waals surface area contributed by atoms with E-state index in [1.165, 1.54) is 12.1 Å². The average molecular weight is 1040 g/mol. The van der Waals surface area contributed by atoms with Crippen LogP contribution < -0.4 is 5.29 Å². The molecule has 0 aliphatic carbocycles. The molecule has 4 aliphatic heterocycles. The van der Waals surface area contributed by atoms with Gasteiger partial charge in [0.25, 0.3) is 0 Å². The van der Waals surface area contributed by atoms with Gasteiger partial charge >= 0.3 is 317 Å². The maximum atomic E-state index is 14.3. The molecule has 4 unspecified atom stereocenters. The molecular weight excluding hydrogens is 1010 g/mol. The number of fused-ring (bicyclic) bond motifs is 4. The second-order valence-corrected chi connectivity index (χ2v) is 21.7. The molecule has 6 heterocycles. The fourth-order valence-electron chi connectivity index (χ4n) is 8.00. The Morgan fingerprint density at radius 3 is 1.38 bits per heavy atom. The Morgan fingerprint density at radius 2 is 0.967 bits per heavy atom. The number of aryl methyl sites for hydroxylation is 2. The van der Waals surface area contributed by atoms with Crippen molar-refractivity contribution in [2.75, 3.05) is 0 Å². The van der Waals surface area contributed by atoms with E-state index in [0.29, 0.717) is 44.7 Å². The molecule has 304 valence electrons. The summed E-state index contributed by atoms with van der Waals surface area (Å²) in [5.41, 5.74) is 5.67. The summed E-state index contributed by atoms with van der Waals surface area (Å²) in [6, 6.07) is 28.3. The van der Waals surface area contributed by atoms with Crippen molar-refractivity contribution in [3.05, 3.63) is 132 Å². The Labute approximate surface area is 364 Å². The minimum atomic E-state index is -4.27. The topological polar surface area (TPSA) is 187 Å². The van der Waals surface area contributed by atoms with Crippen molar-refractivity contribution in [3.8, 4) is 11.5 Å². The van der Waals surface area contributed by atoms with Crippen molar-refractivity contribution in [1.82, 2.24) is 18.8 Å². The summed E-state index contributed by atoms with van der Waals surface area (Å²) in [5, 5.41) is 18.0. The number of hydrogen-bond acceptors (Lipinski definition) is 14. The van der Waals surface area contributed by atoms with Gasteiger partial charge in [-0.1, -0.05) is 35.4 Å². The van der Waals surface area contributed by atoms with Crippen LogP contribution in [-0.2, 0) is 55.2 Å². The molecule has 19 heteroatoms. The van der Waals surface area contributed by atoms with E-state index in [1.54, 1.807) is 62.6 Å². The molecule has 0 saturated carbocycles. The summed E-state index contributed by atoms with van der Waals surface area (Å²) in [6.07, 6.45) is 2.08. The first-order valence-corrected chi connectivity index (χ1v) is 26.6. The van der Waals surface area contributed by atoms with E-state index in [4.69, 9.17) is 15.0 Å². The number of rotatable bonds is 10. The van der Waals surface area contributed by atoms with Gasteiger partial charge in [-0.3, -0.25) is 0 Å². The zero-order chi connectivity index (χ0) is 42.2. The molecule has 2 aromatic heterocycles. The number of pyridine rings is 2. The predicted octanol–water partition coefficient (Wildman–Crippen LogP) is 6.93. The Balaban J connectivity index is 0.881. The minimum absolute atomic E-state index is 0.0316. The van der Waals surface area contributed by atoms with Gasteiger partial charge in [-0.2, -0.15) is 0 Å². The van der Waals surface area contributed by atoms with Gasteiger partial charge < -0.3 is 0 Å². The Hall–Kier alpha value is -5.98. The van der Waals surface area contributed by atoms with E-state index in [0.717, 1.165) is 31.1 Å². The van der Waals surface area contributed by atoms with Crippen LogP contribution in [0.1, 0.15) is 48.3 Å². The Kier molecular flexibility index (Phi) is 9.55. The third-order valence-electron chi connectivity index (χ3n) is 11.1. The number of sulfonamides is 2. The Bertz CT molecular complexity index is 2930. The number of benzene rings is 4. The summed E-state index contributed by atoms with van der Waals surface area (Å²) in [6.45, 7) is 7.51. The van der Waals surface area contributed by atoms with Crippen LogP contribution in [0.4, 0.5) is 0 Å². The summed E-state index contributed by atoms with van der Waals surface area (Å²) in [5.74, 6) is 0.0991. The molecule has 0 fully saturated rings. The molecule has 16 nitrogen and oxygen atoms in total. The second kappa shape index (κ2) is 14.9. The summed E-state index contributed by atoms with van der Waals surface area (Å²) in [4.78, 5) is 20.5. The predicted molar refractivity (Wildman–Crippen MR) is 221 cm³/mol. The van der Waals surface area contributed by atoms with E-state index >= 15 is 0 Å². The molecule has 0 spiro atoms. The zero-order valence-electron chi connectivity index (χ0n) is 33.1. The molecule has 4 atom stereocenters. The fraction of sp³-hybridized carbons (Fsp3) is 0.190. The maximum absolute atomic E-state index is 14.3. The van der Waals surface area contributed by atoms with Crippen molar-refractivity contribution in [2.24, 2.45) is 32.4 Å². The van der Waals surface area contributed by atoms with Gasteiger partial charge in [-0.25, -0.2) is 0 Å². The van der Waals surface area contributed by atoms with E-state index in [2.05, 4.69) is 30.5 Å². The third-order valence-corrected chi connectivity index (χ3v) is 17.7. The number of nitrogens with zero attached hydrogens (tertiary/aromatic N) is 8. The molecule has 0 amide bonds. The van der Waals surface area contributed by atoms with Crippen molar-refractivity contribution in [1.29, 1.82) is 0 Å². The quantitative estimate of drug-likeness (QED) is 0.130. The first-order valence-electron chi connectivity index (χ1n) is 19.2. The second-order valence-electron chi connectivity index (χ2n) is 15.0. The van der Waals surface area contributed by atoms with Crippen molar-refractivity contribution in [3.63, 3.8) is 0 Å². The van der Waals surface area contributed by atoms with Crippen molar-refractivity contribution in [2.45, 2.75) is 49.7 Å². The van der Waals surface area contributed by atoms with Crippen molar-refractivity contribution >= 4 is 64.9 Å². The van der Waals surface area contributed by atoms with Crippen LogP contribution in [0.2, 0.25) is 0 Å². The molecular formula is C42H34HgN8O8S2. The van der Waals surface area contributed by atoms with E-state index < -0.39 is 69.6 Å². The molecule has 0 saturated heterocycles. The first-order chi connectivity index (χ1) is 29.4. The van der Waals surface area contributed by atoms with Gasteiger partial charge in [-0.05, 0) is 13.8 Å². The molecule has 61 heavy (non-hydrogen) atoms. The number of aromatic nitrogens is 2. The van der Waals surface area contributed by atoms with Crippen LogP contribution in [0.15, 0.2) is 140 Å². The van der Waals surface area contributed by atoms with Gasteiger partial charge in [0.2, 0.25) is 0 Å². The molecule has 10 rings (SSSR count). The molecule has 6 aromatic rings. The zero-order valence-corrected chi connectivity index (χ0v) is 40.2. The molecule has 0 bridgehead atoms. The van der Waals surface area contributed by atoms with E-state index in [-0.39, 0.29) is 21.5 Å². The molecule has 0 N–H and O–H groups in total. The number of amidine groups is 2. The van der Waals surface area contributed by atoms with Crippen LogP contribution in [0.25, 0.3) is 21.8 Å². The summed E-state index contributed by atoms with van der Waals surface area (Å²) < 4.78 is 71.7. The van der Waals surface area contributed by atoms with Gasteiger partial charge in [0, 0.05) is 0 Å². The number of hydrazone groups is 2. The van der Waals surface area contributed by atoms with E-state index in [1.807, 2.05) is 62.4 Å². The van der Waals surface area contributed by atoms with Crippen LogP contribution in [0.3, 0.4) is 0 Å². The van der Waals surface area contributed by atoms with Crippen LogP contribution in [0, 0.1) is 25.7 Å². The number of hydrogen-bond donors (Lipinski definition) is 0. The number of oxime groups is 2. The molecule has 4 aromatic carbocycles. The standard InChI is InChI=1S/2C21H18N4O4S.Hg/c2*1-12-5-7-14(8-6-12)20-18-13(2)23-25(21(18)24-29-20)30(27,28)17-10-9-16(26)19-15(17)4-3-11-22-19;/h2*3-11,18,20,26H,1-2H3;/q;;+2/p-2. The SMILES string of the molecule is CC1=NN(S(=O)(=O)c2ccc([O][Hg][O]c3ccc(S(=O)(=O)N4N=C(C)C5C4=NOC5c4ccc(C)cc4)c4cccnc34)c3ncccc23)C2=NOC(c3ccc(C)cc3)C12. The fourth-order valence-corrected chi connectivity index (χ4v) is 14.0. The average Bonchev–Trinajstić information content (AvgIpc) is 4.05. The van der Waals surface area contributed by atoms with Crippen LogP contribution in [-0.4, -0.2) is 58.7 Å². The summed E-state index contributed by atoms with van der Waals surface area (Å²) >= 11 is -2.83. The normalized spacial score (nSPS) is 20.6. The van der Waals surface area contributed by atoms with Crippen LogP contribution >= 0.6 is 0 Å². The monoisotopic (exact) mass is 1040 g/mol.